The van der Waals surface area contributed by atoms with Crippen LogP contribution in [0.5, 0.6) is 0 Å². The number of thiophene rings is 1. The third kappa shape index (κ3) is 3.50. The zero-order chi connectivity index (χ0) is 17.3. The number of benzene rings is 1. The van der Waals surface area contributed by atoms with Gasteiger partial charge in [0.05, 0.1) is 9.83 Å². The van der Waals surface area contributed by atoms with Crippen molar-refractivity contribution >= 4 is 38.9 Å². The van der Waals surface area contributed by atoms with Crippen LogP contribution in [0.1, 0.15) is 29.3 Å². The highest BCUT2D eigenvalue weighted by atomic mass is 79.9. The maximum atomic E-state index is 11.7. The third-order valence-corrected chi connectivity index (χ3v) is 6.18. The number of carboxylic acid groups (broad SMARTS) is 1. The molecule has 1 saturated heterocycles. The van der Waals surface area contributed by atoms with Crippen LogP contribution in [0.15, 0.2) is 40.2 Å². The minimum atomic E-state index is -0.724. The van der Waals surface area contributed by atoms with Crippen LogP contribution in [0, 0.1) is 0 Å². The quantitative estimate of drug-likeness (QED) is 0.804. The molecule has 1 N–H and O–H groups in total. The third-order valence-electron chi connectivity index (χ3n) is 4.50. The fourth-order valence-electron chi connectivity index (χ4n) is 3.31. The summed E-state index contributed by atoms with van der Waals surface area (Å²) < 4.78 is 1.07. The number of halogens is 1. The van der Waals surface area contributed by atoms with Crippen LogP contribution in [-0.4, -0.2) is 42.7 Å². The average molecular weight is 409 g/mol. The molecule has 3 rings (SSSR count). The molecule has 2 aromatic rings. The number of carbonyl (C=O) groups is 1. The van der Waals surface area contributed by atoms with E-state index >= 15 is 0 Å². The van der Waals surface area contributed by atoms with Crippen LogP contribution in [0.4, 0.5) is 5.69 Å². The average Bonchev–Trinajstić information content (AvgIpc) is 3.18. The van der Waals surface area contributed by atoms with E-state index in [2.05, 4.69) is 56.1 Å². The lowest BCUT2D eigenvalue weighted by Gasteiger charge is -2.31. The topological polar surface area (TPSA) is 43.8 Å². The Kier molecular flexibility index (Phi) is 5.27. The largest absolute Gasteiger partial charge is 0.480 e. The van der Waals surface area contributed by atoms with Gasteiger partial charge in [-0.05, 0) is 58.6 Å². The van der Waals surface area contributed by atoms with Crippen LogP contribution in [0.3, 0.4) is 0 Å². The van der Waals surface area contributed by atoms with Crippen molar-refractivity contribution in [2.24, 2.45) is 0 Å². The molecule has 1 aromatic heterocycles. The number of aliphatic carboxylic acids is 1. The van der Waals surface area contributed by atoms with Crippen molar-refractivity contribution in [2.75, 3.05) is 25.5 Å². The van der Waals surface area contributed by atoms with Gasteiger partial charge in [0, 0.05) is 31.2 Å². The summed E-state index contributed by atoms with van der Waals surface area (Å²) in [6.45, 7) is 0.812. The van der Waals surface area contributed by atoms with E-state index in [1.165, 1.54) is 4.88 Å². The summed E-state index contributed by atoms with van der Waals surface area (Å²) >= 11 is 5.21. The minimum absolute atomic E-state index is 0.0129. The molecule has 0 spiro atoms. The second-order valence-corrected chi connectivity index (χ2v) is 8.76. The zero-order valence-electron chi connectivity index (χ0n) is 13.8. The van der Waals surface area contributed by atoms with E-state index in [0.29, 0.717) is 6.42 Å². The maximum Gasteiger partial charge on any atom is 0.320 e. The van der Waals surface area contributed by atoms with Crippen molar-refractivity contribution < 1.29 is 9.90 Å². The standard InChI is InChI=1S/C18H21BrN2O2S/c1-20(2)13-7-5-12(6-8-13)17(15-9-10-16(19)24-15)21-11-3-4-14(21)18(22)23/h5-10,14,17H,3-4,11H2,1-2H3,(H,22,23). The van der Waals surface area contributed by atoms with E-state index in [4.69, 9.17) is 0 Å². The molecule has 1 aliphatic heterocycles. The van der Waals surface area contributed by atoms with Crippen molar-refractivity contribution in [3.63, 3.8) is 0 Å². The summed E-state index contributed by atoms with van der Waals surface area (Å²) in [4.78, 5) is 17.0. The number of carboxylic acids is 1. The Hall–Kier alpha value is -1.37. The number of likely N-dealkylation sites (tertiary alicyclic amines) is 1. The van der Waals surface area contributed by atoms with Gasteiger partial charge in [0.25, 0.3) is 0 Å². The van der Waals surface area contributed by atoms with Crippen molar-refractivity contribution in [3.05, 3.63) is 50.6 Å². The molecule has 2 heterocycles. The Labute approximate surface area is 154 Å². The first-order chi connectivity index (χ1) is 11.5. The predicted octanol–water partition coefficient (Wildman–Crippen LogP) is 4.22. The van der Waals surface area contributed by atoms with E-state index in [1.54, 1.807) is 11.3 Å². The summed E-state index contributed by atoms with van der Waals surface area (Å²) in [6.07, 6.45) is 1.64. The molecule has 2 atom stereocenters. The predicted molar refractivity (Wildman–Crippen MR) is 102 cm³/mol. The minimum Gasteiger partial charge on any atom is -0.480 e. The Morgan fingerprint density at radius 3 is 2.54 bits per heavy atom. The number of anilines is 1. The van der Waals surface area contributed by atoms with E-state index in [9.17, 15) is 9.90 Å². The van der Waals surface area contributed by atoms with Gasteiger partial charge in [0.2, 0.25) is 0 Å². The number of rotatable bonds is 5. The van der Waals surface area contributed by atoms with Gasteiger partial charge in [0.15, 0.2) is 0 Å². The van der Waals surface area contributed by atoms with Gasteiger partial charge < -0.3 is 10.0 Å². The molecule has 128 valence electrons. The Morgan fingerprint density at radius 2 is 2.00 bits per heavy atom. The molecule has 0 aliphatic carbocycles. The van der Waals surface area contributed by atoms with Crippen molar-refractivity contribution in [1.29, 1.82) is 0 Å². The second-order valence-electron chi connectivity index (χ2n) is 6.26. The van der Waals surface area contributed by atoms with Crippen LogP contribution in [-0.2, 0) is 4.79 Å². The molecular formula is C18H21BrN2O2S. The maximum absolute atomic E-state index is 11.7. The van der Waals surface area contributed by atoms with Crippen molar-refractivity contribution in [3.8, 4) is 0 Å². The number of nitrogens with zero attached hydrogens (tertiary/aromatic N) is 2. The summed E-state index contributed by atoms with van der Waals surface area (Å²) in [6, 6.07) is 12.1. The van der Waals surface area contributed by atoms with Gasteiger partial charge in [-0.25, -0.2) is 0 Å². The highest BCUT2D eigenvalue weighted by Crippen LogP contribution is 2.39. The fourth-order valence-corrected chi connectivity index (χ4v) is 4.89. The van der Waals surface area contributed by atoms with Crippen molar-refractivity contribution in [2.45, 2.75) is 24.9 Å². The summed E-state index contributed by atoms with van der Waals surface area (Å²) in [5, 5.41) is 9.59. The molecular weight excluding hydrogens is 388 g/mol. The first kappa shape index (κ1) is 17.5. The normalized spacial score (nSPS) is 19.4. The molecule has 0 amide bonds. The van der Waals surface area contributed by atoms with Gasteiger partial charge in [-0.15, -0.1) is 11.3 Å². The molecule has 0 bridgehead atoms. The van der Waals surface area contributed by atoms with Crippen molar-refractivity contribution in [1.82, 2.24) is 4.90 Å². The number of hydrogen-bond donors (Lipinski definition) is 1. The Morgan fingerprint density at radius 1 is 1.29 bits per heavy atom. The molecule has 2 unspecified atom stereocenters. The highest BCUT2D eigenvalue weighted by Gasteiger charge is 2.37. The zero-order valence-corrected chi connectivity index (χ0v) is 16.2. The van der Waals surface area contributed by atoms with E-state index in [1.807, 2.05) is 20.2 Å². The lowest BCUT2D eigenvalue weighted by Crippen LogP contribution is -2.39. The molecule has 4 nitrogen and oxygen atoms in total. The first-order valence-electron chi connectivity index (χ1n) is 7.98. The molecule has 1 aromatic carbocycles. The highest BCUT2D eigenvalue weighted by molar-refractivity contribution is 9.11. The summed E-state index contributed by atoms with van der Waals surface area (Å²) in [5.41, 5.74) is 2.28. The van der Waals surface area contributed by atoms with E-state index in [0.717, 1.165) is 28.0 Å². The molecule has 1 fully saturated rings. The Balaban J connectivity index is 2.00. The van der Waals surface area contributed by atoms with Crippen LogP contribution in [0.25, 0.3) is 0 Å². The van der Waals surface area contributed by atoms with Crippen LogP contribution >= 0.6 is 27.3 Å². The second kappa shape index (κ2) is 7.25. The summed E-state index contributed by atoms with van der Waals surface area (Å²) in [7, 11) is 4.04. The van der Waals surface area contributed by atoms with Gasteiger partial charge in [-0.2, -0.15) is 0 Å². The van der Waals surface area contributed by atoms with Crippen LogP contribution < -0.4 is 4.90 Å². The monoisotopic (exact) mass is 408 g/mol. The number of hydrogen-bond acceptors (Lipinski definition) is 4. The molecule has 0 saturated carbocycles. The Bertz CT molecular complexity index is 714. The van der Waals surface area contributed by atoms with E-state index < -0.39 is 12.0 Å². The molecule has 0 radical (unpaired) electrons. The van der Waals surface area contributed by atoms with Gasteiger partial charge in [-0.1, -0.05) is 12.1 Å². The smallest absolute Gasteiger partial charge is 0.320 e. The van der Waals surface area contributed by atoms with Crippen LogP contribution in [0.2, 0.25) is 0 Å². The fraction of sp³-hybridized carbons (Fsp3) is 0.389. The lowest BCUT2D eigenvalue weighted by atomic mass is 10.0. The van der Waals surface area contributed by atoms with Gasteiger partial charge in [0.1, 0.15) is 6.04 Å². The summed E-state index contributed by atoms with van der Waals surface area (Å²) in [5.74, 6) is -0.724. The SMILES string of the molecule is CN(C)c1ccc(C(c2ccc(Br)s2)N2CCCC2C(=O)O)cc1. The van der Waals surface area contributed by atoms with Gasteiger partial charge in [-0.3, -0.25) is 9.69 Å². The molecule has 6 heteroatoms. The first-order valence-corrected chi connectivity index (χ1v) is 9.59. The van der Waals surface area contributed by atoms with E-state index in [-0.39, 0.29) is 6.04 Å². The van der Waals surface area contributed by atoms with Gasteiger partial charge >= 0.3 is 5.97 Å². The molecule has 24 heavy (non-hydrogen) atoms. The molecule has 1 aliphatic rings. The lowest BCUT2D eigenvalue weighted by molar-refractivity contribution is -0.142.